The molecular weight excluding hydrogens is 244 g/mol. The first-order valence-electron chi connectivity index (χ1n) is 5.71. The van der Waals surface area contributed by atoms with Crippen LogP contribution in [0, 0.1) is 6.92 Å². The molecule has 0 radical (unpaired) electrons. The number of aryl methyl sites for hydroxylation is 1. The van der Waals surface area contributed by atoms with E-state index in [1.165, 1.54) is 0 Å². The number of nitrogens with one attached hydrogen (secondary N) is 1. The number of carbonyl (C=O) groups is 1. The number of ketones is 1. The van der Waals surface area contributed by atoms with Crippen molar-refractivity contribution < 1.29 is 4.79 Å². The van der Waals surface area contributed by atoms with Crippen LogP contribution in [0.4, 0.5) is 0 Å². The third-order valence-electron chi connectivity index (χ3n) is 2.90. The number of hydrogen-bond donors (Lipinski definition) is 1. The Morgan fingerprint density at radius 3 is 2.89 bits per heavy atom. The maximum absolute atomic E-state index is 11.6. The van der Waals surface area contributed by atoms with E-state index in [-0.39, 0.29) is 5.78 Å². The Hall–Kier alpha value is -1.94. The number of fused-ring (bicyclic) bond motifs is 1. The lowest BCUT2D eigenvalue weighted by Crippen LogP contribution is -1.94. The van der Waals surface area contributed by atoms with Crippen LogP contribution in [0.5, 0.6) is 0 Å². The van der Waals surface area contributed by atoms with Crippen LogP contribution in [0.3, 0.4) is 0 Å². The van der Waals surface area contributed by atoms with Crippen LogP contribution in [-0.4, -0.2) is 15.8 Å². The number of aromatic nitrogens is 2. The van der Waals surface area contributed by atoms with E-state index in [1.54, 1.807) is 18.3 Å². The molecule has 1 N–H and O–H groups in total. The molecular formula is C14H12N2OS. The summed E-state index contributed by atoms with van der Waals surface area (Å²) >= 11 is 1.56. The number of nitrogens with zero attached hydrogens (tertiary/aromatic N) is 1. The third kappa shape index (κ3) is 1.66. The SMILES string of the molecule is CC(=O)c1nc(C)sc1-c1c[nH]c2ccccc12. The van der Waals surface area contributed by atoms with E-state index in [2.05, 4.69) is 16.0 Å². The minimum Gasteiger partial charge on any atom is -0.361 e. The van der Waals surface area contributed by atoms with Gasteiger partial charge >= 0.3 is 0 Å². The average Bonchev–Trinajstić information content (AvgIpc) is 2.92. The van der Waals surface area contributed by atoms with Crippen molar-refractivity contribution in [1.29, 1.82) is 0 Å². The van der Waals surface area contributed by atoms with Gasteiger partial charge in [-0.05, 0) is 13.0 Å². The van der Waals surface area contributed by atoms with Gasteiger partial charge in [0.1, 0.15) is 5.69 Å². The second kappa shape index (κ2) is 4.07. The van der Waals surface area contributed by atoms with Crippen LogP contribution in [0.25, 0.3) is 21.3 Å². The number of Topliss-reactive ketones (excluding diaryl/α,β-unsaturated/α-hetero) is 1. The summed E-state index contributed by atoms with van der Waals surface area (Å²) in [7, 11) is 0. The van der Waals surface area contributed by atoms with Crippen LogP contribution in [0.1, 0.15) is 22.4 Å². The molecule has 3 nitrogen and oxygen atoms in total. The summed E-state index contributed by atoms with van der Waals surface area (Å²) in [6.45, 7) is 3.49. The molecule has 3 rings (SSSR count). The molecule has 3 aromatic rings. The predicted octanol–water partition coefficient (Wildman–Crippen LogP) is 3.80. The van der Waals surface area contributed by atoms with E-state index < -0.39 is 0 Å². The fourth-order valence-corrected chi connectivity index (χ4v) is 3.10. The van der Waals surface area contributed by atoms with Gasteiger partial charge in [0.05, 0.1) is 9.88 Å². The van der Waals surface area contributed by atoms with Crippen molar-refractivity contribution in [3.05, 3.63) is 41.2 Å². The first-order valence-corrected chi connectivity index (χ1v) is 6.53. The summed E-state index contributed by atoms with van der Waals surface area (Å²) in [6.07, 6.45) is 1.95. The molecule has 0 saturated carbocycles. The van der Waals surface area contributed by atoms with Crippen molar-refractivity contribution in [1.82, 2.24) is 9.97 Å². The van der Waals surface area contributed by atoms with Crippen molar-refractivity contribution >= 4 is 28.0 Å². The van der Waals surface area contributed by atoms with E-state index in [9.17, 15) is 4.79 Å². The van der Waals surface area contributed by atoms with Crippen LogP contribution in [-0.2, 0) is 0 Å². The number of H-pyrrole nitrogens is 1. The Morgan fingerprint density at radius 1 is 1.33 bits per heavy atom. The lowest BCUT2D eigenvalue weighted by atomic mass is 10.1. The summed E-state index contributed by atoms with van der Waals surface area (Å²) in [5, 5.41) is 2.05. The van der Waals surface area contributed by atoms with Crippen molar-refractivity contribution in [2.24, 2.45) is 0 Å². The molecule has 1 aromatic carbocycles. The molecule has 0 amide bonds. The summed E-state index contributed by atoms with van der Waals surface area (Å²) in [5.74, 6) is 0.0135. The van der Waals surface area contributed by atoms with Gasteiger partial charge in [0.15, 0.2) is 5.78 Å². The average molecular weight is 256 g/mol. The quantitative estimate of drug-likeness (QED) is 0.709. The van der Waals surface area contributed by atoms with E-state index in [4.69, 9.17) is 0 Å². The molecule has 2 aromatic heterocycles. The van der Waals surface area contributed by atoms with Crippen LogP contribution in [0.2, 0.25) is 0 Å². The van der Waals surface area contributed by atoms with Crippen LogP contribution in [0.15, 0.2) is 30.5 Å². The van der Waals surface area contributed by atoms with E-state index in [1.807, 2.05) is 31.3 Å². The Morgan fingerprint density at radius 2 is 2.11 bits per heavy atom. The van der Waals surface area contributed by atoms with Gasteiger partial charge in [0.25, 0.3) is 0 Å². The Kier molecular flexibility index (Phi) is 2.52. The molecule has 18 heavy (non-hydrogen) atoms. The number of hydrogen-bond acceptors (Lipinski definition) is 3. The summed E-state index contributed by atoms with van der Waals surface area (Å²) in [6, 6.07) is 8.08. The maximum atomic E-state index is 11.6. The second-order valence-electron chi connectivity index (χ2n) is 4.21. The van der Waals surface area contributed by atoms with Gasteiger partial charge < -0.3 is 4.98 Å². The molecule has 90 valence electrons. The number of para-hydroxylation sites is 1. The molecule has 4 heteroatoms. The number of rotatable bonds is 2. The van der Waals surface area contributed by atoms with Crippen LogP contribution < -0.4 is 0 Å². The fourth-order valence-electron chi connectivity index (χ4n) is 2.11. The zero-order chi connectivity index (χ0) is 12.7. The Labute approximate surface area is 108 Å². The van der Waals surface area contributed by atoms with Gasteiger partial charge in [0.2, 0.25) is 0 Å². The minimum absolute atomic E-state index is 0.0135. The van der Waals surface area contributed by atoms with Gasteiger partial charge in [-0.15, -0.1) is 11.3 Å². The standard InChI is InChI=1S/C14H12N2OS/c1-8(17)13-14(18-9(2)16-13)11-7-15-12-6-4-3-5-10(11)12/h3-7,15H,1-2H3. The van der Waals surface area contributed by atoms with Gasteiger partial charge in [-0.25, -0.2) is 4.98 Å². The Bertz CT molecular complexity index is 739. The summed E-state index contributed by atoms with van der Waals surface area (Å²) in [4.78, 5) is 20.2. The number of thiazole rings is 1. The summed E-state index contributed by atoms with van der Waals surface area (Å²) < 4.78 is 0. The van der Waals surface area contributed by atoms with E-state index in [0.29, 0.717) is 5.69 Å². The molecule has 2 heterocycles. The van der Waals surface area contributed by atoms with Crippen LogP contribution >= 0.6 is 11.3 Å². The van der Waals surface area contributed by atoms with E-state index >= 15 is 0 Å². The zero-order valence-electron chi connectivity index (χ0n) is 10.2. The van der Waals surface area contributed by atoms with Gasteiger partial charge in [-0.2, -0.15) is 0 Å². The normalized spacial score (nSPS) is 11.0. The lowest BCUT2D eigenvalue weighted by Gasteiger charge is -1.97. The lowest BCUT2D eigenvalue weighted by molar-refractivity contribution is 0.101. The van der Waals surface area contributed by atoms with Crippen molar-refractivity contribution in [3.8, 4) is 10.4 Å². The van der Waals surface area contributed by atoms with Gasteiger partial charge in [0, 0.05) is 29.6 Å². The molecule has 0 aliphatic carbocycles. The predicted molar refractivity (Wildman–Crippen MR) is 74.1 cm³/mol. The topological polar surface area (TPSA) is 45.8 Å². The molecule has 0 fully saturated rings. The Balaban J connectivity index is 2.29. The molecule has 0 aliphatic heterocycles. The highest BCUT2D eigenvalue weighted by Gasteiger charge is 2.17. The van der Waals surface area contributed by atoms with Crippen molar-refractivity contribution in [2.45, 2.75) is 13.8 Å². The van der Waals surface area contributed by atoms with Crippen molar-refractivity contribution in [3.63, 3.8) is 0 Å². The molecule has 0 saturated heterocycles. The third-order valence-corrected chi connectivity index (χ3v) is 3.91. The molecule has 0 aliphatic rings. The highest BCUT2D eigenvalue weighted by atomic mass is 32.1. The smallest absolute Gasteiger partial charge is 0.179 e. The molecule has 0 atom stereocenters. The zero-order valence-corrected chi connectivity index (χ0v) is 11.0. The molecule has 0 unspecified atom stereocenters. The monoisotopic (exact) mass is 256 g/mol. The molecule has 0 spiro atoms. The largest absolute Gasteiger partial charge is 0.361 e. The summed E-state index contributed by atoms with van der Waals surface area (Å²) in [5.41, 5.74) is 2.71. The number of carbonyl (C=O) groups excluding carboxylic acids is 1. The van der Waals surface area contributed by atoms with Crippen molar-refractivity contribution in [2.75, 3.05) is 0 Å². The minimum atomic E-state index is 0.0135. The first kappa shape index (κ1) is 11.2. The second-order valence-corrected chi connectivity index (χ2v) is 5.42. The number of benzene rings is 1. The fraction of sp³-hybridized carbons (Fsp3) is 0.143. The number of aromatic amines is 1. The molecule has 0 bridgehead atoms. The van der Waals surface area contributed by atoms with Gasteiger partial charge in [-0.3, -0.25) is 4.79 Å². The highest BCUT2D eigenvalue weighted by molar-refractivity contribution is 7.15. The van der Waals surface area contributed by atoms with Gasteiger partial charge in [-0.1, -0.05) is 18.2 Å². The maximum Gasteiger partial charge on any atom is 0.179 e. The first-order chi connectivity index (χ1) is 8.66. The highest BCUT2D eigenvalue weighted by Crippen LogP contribution is 2.35. The van der Waals surface area contributed by atoms with E-state index in [0.717, 1.165) is 26.4 Å².